The highest BCUT2D eigenvalue weighted by Gasteiger charge is 2.38. The summed E-state index contributed by atoms with van der Waals surface area (Å²) >= 11 is 0. The quantitative estimate of drug-likeness (QED) is 0.901. The van der Waals surface area contributed by atoms with Gasteiger partial charge in [0.1, 0.15) is 0 Å². The van der Waals surface area contributed by atoms with Crippen LogP contribution < -0.4 is 5.32 Å². The molecule has 25 heavy (non-hydrogen) atoms. The molecule has 0 aliphatic carbocycles. The number of alkyl halides is 3. The van der Waals surface area contributed by atoms with Crippen LogP contribution in [0, 0.1) is 0 Å². The van der Waals surface area contributed by atoms with E-state index in [2.05, 4.69) is 10.4 Å². The van der Waals surface area contributed by atoms with E-state index in [1.54, 1.807) is 10.7 Å². The Bertz CT molecular complexity index is 823. The van der Waals surface area contributed by atoms with Crippen molar-refractivity contribution in [3.05, 3.63) is 41.1 Å². The molecule has 1 fully saturated rings. The summed E-state index contributed by atoms with van der Waals surface area (Å²) in [5.74, 6) is -0.484. The molecule has 5 nitrogen and oxygen atoms in total. The molecule has 1 unspecified atom stereocenters. The van der Waals surface area contributed by atoms with E-state index < -0.39 is 17.6 Å². The molecule has 0 spiro atoms. The smallest absolute Gasteiger partial charge is 0.356 e. The summed E-state index contributed by atoms with van der Waals surface area (Å²) in [6.07, 6.45) is -0.594. The van der Waals surface area contributed by atoms with Crippen LogP contribution in [0.25, 0.3) is 11.3 Å². The fourth-order valence-corrected chi connectivity index (χ4v) is 3.42. The number of aromatic nitrogens is 2. The van der Waals surface area contributed by atoms with Crippen molar-refractivity contribution in [2.45, 2.75) is 38.2 Å². The molecule has 0 bridgehead atoms. The van der Waals surface area contributed by atoms with Crippen molar-refractivity contribution in [3.8, 4) is 11.3 Å². The van der Waals surface area contributed by atoms with Crippen LogP contribution in [0.3, 0.4) is 0 Å². The van der Waals surface area contributed by atoms with Crippen molar-refractivity contribution in [1.82, 2.24) is 15.1 Å². The third-order valence-corrected chi connectivity index (χ3v) is 4.62. The minimum Gasteiger partial charge on any atom is -0.356 e. The number of hydrogen-bond acceptors (Lipinski definition) is 3. The molecule has 0 saturated carbocycles. The van der Waals surface area contributed by atoms with E-state index >= 15 is 0 Å². The minimum atomic E-state index is -4.53. The van der Waals surface area contributed by atoms with Crippen molar-refractivity contribution in [2.75, 3.05) is 6.61 Å². The largest absolute Gasteiger partial charge is 0.416 e. The summed E-state index contributed by atoms with van der Waals surface area (Å²) in [6, 6.07) is 4.24. The zero-order chi connectivity index (χ0) is 17.6. The Kier molecular flexibility index (Phi) is 3.79. The zero-order valence-electron chi connectivity index (χ0n) is 13.3. The highest BCUT2D eigenvalue weighted by atomic mass is 19.4. The normalized spacial score (nSPS) is 20.4. The number of ether oxygens (including phenoxy) is 1. The molecule has 0 radical (unpaired) electrons. The number of benzene rings is 1. The standard InChI is InChI=1S/C17H16F3N3O2/c18-17(19,20)13-8-10(7-11-12(13)9-21-16(11)24)14-4-5-22-23(14)15-3-1-2-6-25-15/h4-5,7-8,15H,1-3,6,9H2,(H,21,24). The first kappa shape index (κ1) is 16.1. The number of carbonyl (C=O) groups is 1. The summed E-state index contributed by atoms with van der Waals surface area (Å²) < 4.78 is 47.7. The predicted molar refractivity (Wildman–Crippen MR) is 82.7 cm³/mol. The van der Waals surface area contributed by atoms with Gasteiger partial charge in [0.05, 0.1) is 11.3 Å². The van der Waals surface area contributed by atoms with Crippen LogP contribution in [-0.2, 0) is 17.5 Å². The Hall–Kier alpha value is -2.35. The maximum atomic E-state index is 13.5. The lowest BCUT2D eigenvalue weighted by atomic mass is 9.97. The van der Waals surface area contributed by atoms with Gasteiger partial charge in [-0.3, -0.25) is 4.79 Å². The lowest BCUT2D eigenvalue weighted by Gasteiger charge is -2.25. The highest BCUT2D eigenvalue weighted by Crippen LogP contribution is 2.39. The Labute approximate surface area is 141 Å². The molecule has 8 heteroatoms. The third kappa shape index (κ3) is 2.80. The number of nitrogens with zero attached hydrogens (tertiary/aromatic N) is 2. The second-order valence-electron chi connectivity index (χ2n) is 6.21. The molecule has 2 aliphatic rings. The number of rotatable bonds is 2. The van der Waals surface area contributed by atoms with Gasteiger partial charge in [-0.1, -0.05) is 0 Å². The van der Waals surface area contributed by atoms with Gasteiger partial charge in [-0.2, -0.15) is 18.3 Å². The fourth-order valence-electron chi connectivity index (χ4n) is 3.42. The summed E-state index contributed by atoms with van der Waals surface area (Å²) in [6.45, 7) is 0.499. The Morgan fingerprint density at radius 1 is 1.28 bits per heavy atom. The van der Waals surface area contributed by atoms with Crippen molar-refractivity contribution in [1.29, 1.82) is 0 Å². The average molecular weight is 351 g/mol. The molecule has 1 amide bonds. The van der Waals surface area contributed by atoms with Gasteiger partial charge in [-0.05, 0) is 43.0 Å². The van der Waals surface area contributed by atoms with Crippen LogP contribution in [0.2, 0.25) is 0 Å². The van der Waals surface area contributed by atoms with Gasteiger partial charge in [0.2, 0.25) is 0 Å². The van der Waals surface area contributed by atoms with Crippen LogP contribution in [0.4, 0.5) is 13.2 Å². The number of amides is 1. The predicted octanol–water partition coefficient (Wildman–Crippen LogP) is 3.51. The van der Waals surface area contributed by atoms with Crippen LogP contribution >= 0.6 is 0 Å². The average Bonchev–Trinajstić information content (AvgIpc) is 3.21. The fraction of sp³-hybridized carbons (Fsp3) is 0.412. The van der Waals surface area contributed by atoms with Crippen molar-refractivity contribution >= 4 is 5.91 Å². The highest BCUT2D eigenvalue weighted by molar-refractivity contribution is 6.00. The van der Waals surface area contributed by atoms with Gasteiger partial charge in [0.15, 0.2) is 6.23 Å². The molecule has 1 saturated heterocycles. The van der Waals surface area contributed by atoms with Crippen molar-refractivity contribution in [3.63, 3.8) is 0 Å². The second kappa shape index (κ2) is 5.87. The number of nitrogens with one attached hydrogen (secondary N) is 1. The molecular weight excluding hydrogens is 335 g/mol. The zero-order valence-corrected chi connectivity index (χ0v) is 13.3. The maximum absolute atomic E-state index is 13.5. The lowest BCUT2D eigenvalue weighted by Crippen LogP contribution is -2.20. The molecule has 3 heterocycles. The van der Waals surface area contributed by atoms with Crippen molar-refractivity contribution in [2.24, 2.45) is 0 Å². The maximum Gasteiger partial charge on any atom is 0.416 e. The Balaban J connectivity index is 1.83. The van der Waals surface area contributed by atoms with Gasteiger partial charge < -0.3 is 10.1 Å². The Morgan fingerprint density at radius 2 is 2.12 bits per heavy atom. The molecule has 1 aromatic carbocycles. The number of carbonyl (C=O) groups excluding carboxylic acids is 1. The van der Waals surface area contributed by atoms with E-state index in [4.69, 9.17) is 4.74 Å². The number of fused-ring (bicyclic) bond motifs is 1. The Morgan fingerprint density at radius 3 is 2.84 bits per heavy atom. The molecule has 1 aromatic heterocycles. The molecule has 2 aromatic rings. The van der Waals surface area contributed by atoms with E-state index in [1.165, 1.54) is 12.3 Å². The number of hydrogen-bond donors (Lipinski definition) is 1. The summed E-state index contributed by atoms with van der Waals surface area (Å²) in [5, 5.41) is 6.69. The molecule has 1 atom stereocenters. The molecule has 4 rings (SSSR count). The summed E-state index contributed by atoms with van der Waals surface area (Å²) in [7, 11) is 0. The van der Waals surface area contributed by atoms with Gasteiger partial charge in [0, 0.05) is 30.5 Å². The van der Waals surface area contributed by atoms with Crippen LogP contribution in [-0.4, -0.2) is 22.3 Å². The molecular formula is C17H16F3N3O2. The minimum absolute atomic E-state index is 0.00114. The van der Waals surface area contributed by atoms with E-state index in [0.717, 1.165) is 25.3 Å². The summed E-state index contributed by atoms with van der Waals surface area (Å²) in [5.41, 5.74) is 0.119. The van der Waals surface area contributed by atoms with Gasteiger partial charge in [-0.15, -0.1) is 0 Å². The van der Waals surface area contributed by atoms with E-state index in [0.29, 0.717) is 17.9 Å². The first-order chi connectivity index (χ1) is 11.9. The molecule has 132 valence electrons. The summed E-state index contributed by atoms with van der Waals surface area (Å²) in [4.78, 5) is 11.9. The van der Waals surface area contributed by atoms with Gasteiger partial charge >= 0.3 is 6.18 Å². The lowest BCUT2D eigenvalue weighted by molar-refractivity contribution is -0.138. The third-order valence-electron chi connectivity index (χ3n) is 4.62. The SMILES string of the molecule is O=C1NCc2c1cc(-c1ccnn1C1CCCCO1)cc2C(F)(F)F. The van der Waals surface area contributed by atoms with Crippen LogP contribution in [0.15, 0.2) is 24.4 Å². The van der Waals surface area contributed by atoms with Crippen molar-refractivity contribution < 1.29 is 22.7 Å². The monoisotopic (exact) mass is 351 g/mol. The second-order valence-corrected chi connectivity index (χ2v) is 6.21. The van der Waals surface area contributed by atoms with Crippen LogP contribution in [0.1, 0.15) is 47.0 Å². The van der Waals surface area contributed by atoms with Gasteiger partial charge in [0.25, 0.3) is 5.91 Å². The molecule has 1 N–H and O–H groups in total. The first-order valence-electron chi connectivity index (χ1n) is 8.13. The van der Waals surface area contributed by atoms with Gasteiger partial charge in [-0.25, -0.2) is 4.68 Å². The molecule has 2 aliphatic heterocycles. The van der Waals surface area contributed by atoms with E-state index in [-0.39, 0.29) is 23.9 Å². The first-order valence-corrected chi connectivity index (χ1v) is 8.13. The van der Waals surface area contributed by atoms with E-state index in [9.17, 15) is 18.0 Å². The topological polar surface area (TPSA) is 56.2 Å². The number of halogens is 3. The van der Waals surface area contributed by atoms with Crippen LogP contribution in [0.5, 0.6) is 0 Å². The van der Waals surface area contributed by atoms with E-state index in [1.807, 2.05) is 0 Å².